The van der Waals surface area contributed by atoms with E-state index in [0.29, 0.717) is 25.5 Å². The zero-order valence-corrected chi connectivity index (χ0v) is 14.0. The zero-order valence-electron chi connectivity index (χ0n) is 13.1. The number of hydrogen-bond donors (Lipinski definition) is 1. The van der Waals surface area contributed by atoms with E-state index in [4.69, 9.17) is 0 Å². The average Bonchev–Trinajstić information content (AvgIpc) is 2.99. The first-order valence-electron chi connectivity index (χ1n) is 7.74. The molecule has 0 unspecified atom stereocenters. The first-order valence-corrected chi connectivity index (χ1v) is 9.18. The van der Waals surface area contributed by atoms with Gasteiger partial charge in [-0.25, -0.2) is 13.4 Å². The van der Waals surface area contributed by atoms with E-state index in [0.717, 1.165) is 24.8 Å². The van der Waals surface area contributed by atoms with E-state index in [9.17, 15) is 8.42 Å². The summed E-state index contributed by atoms with van der Waals surface area (Å²) in [6.07, 6.45) is 8.14. The summed E-state index contributed by atoms with van der Waals surface area (Å²) < 4.78 is 29.0. The molecule has 0 atom stereocenters. The van der Waals surface area contributed by atoms with Crippen molar-refractivity contribution in [1.29, 1.82) is 0 Å². The molecule has 0 aliphatic carbocycles. The van der Waals surface area contributed by atoms with Gasteiger partial charge in [-0.3, -0.25) is 4.68 Å². The number of rotatable bonds is 5. The fourth-order valence-corrected chi connectivity index (χ4v) is 4.36. The summed E-state index contributed by atoms with van der Waals surface area (Å²) in [6.45, 7) is 1.64. The number of piperidine rings is 1. The summed E-state index contributed by atoms with van der Waals surface area (Å²) in [7, 11) is -1.66. The quantitative estimate of drug-likeness (QED) is 0.898. The fourth-order valence-electron chi connectivity index (χ4n) is 2.72. The summed E-state index contributed by atoms with van der Waals surface area (Å²) in [6, 6.07) is 3.27. The minimum Gasteiger partial charge on any atom is -0.365 e. The highest BCUT2D eigenvalue weighted by molar-refractivity contribution is 7.89. The Labute approximate surface area is 136 Å². The van der Waals surface area contributed by atoms with Gasteiger partial charge in [-0.1, -0.05) is 6.42 Å². The Morgan fingerprint density at radius 3 is 2.74 bits per heavy atom. The molecule has 0 aromatic carbocycles. The van der Waals surface area contributed by atoms with Gasteiger partial charge >= 0.3 is 0 Å². The summed E-state index contributed by atoms with van der Waals surface area (Å²) in [5, 5.41) is 7.22. The zero-order chi connectivity index (χ0) is 16.3. The Balaban J connectivity index is 1.82. The lowest BCUT2D eigenvalue weighted by Crippen LogP contribution is -2.36. The van der Waals surface area contributed by atoms with E-state index in [1.807, 2.05) is 13.2 Å². The van der Waals surface area contributed by atoms with Crippen molar-refractivity contribution < 1.29 is 8.42 Å². The van der Waals surface area contributed by atoms with Crippen LogP contribution in [0.2, 0.25) is 0 Å². The number of anilines is 1. The van der Waals surface area contributed by atoms with Crippen LogP contribution in [0.3, 0.4) is 0 Å². The van der Waals surface area contributed by atoms with Gasteiger partial charge in [0.15, 0.2) is 0 Å². The van der Waals surface area contributed by atoms with E-state index in [1.54, 1.807) is 33.5 Å². The molecule has 0 amide bonds. The Morgan fingerprint density at radius 1 is 1.26 bits per heavy atom. The molecule has 2 aromatic rings. The maximum Gasteiger partial charge on any atom is 0.246 e. The van der Waals surface area contributed by atoms with Gasteiger partial charge in [0.1, 0.15) is 10.7 Å². The van der Waals surface area contributed by atoms with Crippen molar-refractivity contribution in [3.63, 3.8) is 0 Å². The third kappa shape index (κ3) is 3.53. The van der Waals surface area contributed by atoms with Gasteiger partial charge in [0.25, 0.3) is 0 Å². The molecule has 3 rings (SSSR count). The van der Waals surface area contributed by atoms with Crippen molar-refractivity contribution in [2.75, 3.05) is 18.4 Å². The number of nitrogens with one attached hydrogen (secondary N) is 1. The summed E-state index contributed by atoms with van der Waals surface area (Å²) >= 11 is 0. The van der Waals surface area contributed by atoms with Crippen LogP contribution in [0.1, 0.15) is 24.8 Å². The molecule has 23 heavy (non-hydrogen) atoms. The molecule has 1 aliphatic rings. The standard InChI is InChI=1S/C15H21N5O2S/c1-19-12-13(11-18-19)10-17-15-14(6-5-7-16-15)23(21,22)20-8-3-2-4-9-20/h5-7,11-12H,2-4,8-10H2,1H3,(H,16,17). The molecule has 124 valence electrons. The second kappa shape index (κ2) is 6.67. The highest BCUT2D eigenvalue weighted by Gasteiger charge is 2.28. The molecular weight excluding hydrogens is 314 g/mol. The lowest BCUT2D eigenvalue weighted by atomic mass is 10.2. The molecule has 0 saturated carbocycles. The monoisotopic (exact) mass is 335 g/mol. The summed E-state index contributed by atoms with van der Waals surface area (Å²) in [4.78, 5) is 4.46. The van der Waals surface area contributed by atoms with Gasteiger partial charge in [-0.05, 0) is 25.0 Å². The van der Waals surface area contributed by atoms with Gasteiger partial charge in [-0.15, -0.1) is 0 Å². The van der Waals surface area contributed by atoms with Crippen LogP contribution in [0.15, 0.2) is 35.6 Å². The normalized spacial score (nSPS) is 16.4. The Bertz CT molecular complexity index is 766. The predicted molar refractivity (Wildman–Crippen MR) is 87.4 cm³/mol. The number of nitrogens with zero attached hydrogens (tertiary/aromatic N) is 4. The smallest absolute Gasteiger partial charge is 0.246 e. The van der Waals surface area contributed by atoms with Gasteiger partial charge in [0.05, 0.1) is 6.20 Å². The van der Waals surface area contributed by atoms with Gasteiger partial charge in [0, 0.05) is 44.6 Å². The highest BCUT2D eigenvalue weighted by Crippen LogP contribution is 2.25. The van der Waals surface area contributed by atoms with Crippen LogP contribution in [0.4, 0.5) is 5.82 Å². The van der Waals surface area contributed by atoms with Crippen molar-refractivity contribution in [2.24, 2.45) is 7.05 Å². The van der Waals surface area contributed by atoms with E-state index >= 15 is 0 Å². The second-order valence-electron chi connectivity index (χ2n) is 5.69. The minimum atomic E-state index is -3.50. The van der Waals surface area contributed by atoms with Crippen LogP contribution in [-0.2, 0) is 23.6 Å². The second-order valence-corrected chi connectivity index (χ2v) is 7.60. The molecule has 7 nitrogen and oxygen atoms in total. The highest BCUT2D eigenvalue weighted by atomic mass is 32.2. The first-order chi connectivity index (χ1) is 11.1. The molecule has 0 spiro atoms. The van der Waals surface area contributed by atoms with Crippen LogP contribution < -0.4 is 5.32 Å². The SMILES string of the molecule is Cn1cc(CNc2ncccc2S(=O)(=O)N2CCCCC2)cn1. The summed E-state index contributed by atoms with van der Waals surface area (Å²) in [5.41, 5.74) is 0.972. The van der Waals surface area contributed by atoms with Crippen molar-refractivity contribution >= 4 is 15.8 Å². The van der Waals surface area contributed by atoms with Gasteiger partial charge in [0.2, 0.25) is 10.0 Å². The van der Waals surface area contributed by atoms with E-state index in [2.05, 4.69) is 15.4 Å². The summed E-state index contributed by atoms with van der Waals surface area (Å²) in [5.74, 6) is 0.391. The predicted octanol–water partition coefficient (Wildman–Crippen LogP) is 1.60. The van der Waals surface area contributed by atoms with Crippen molar-refractivity contribution in [1.82, 2.24) is 19.1 Å². The lowest BCUT2D eigenvalue weighted by Gasteiger charge is -2.26. The molecule has 1 fully saturated rings. The van der Waals surface area contributed by atoms with Gasteiger partial charge in [-0.2, -0.15) is 9.40 Å². The molecule has 8 heteroatoms. The molecule has 0 radical (unpaired) electrons. The van der Waals surface area contributed by atoms with Gasteiger partial charge < -0.3 is 5.32 Å². The number of aryl methyl sites for hydroxylation is 1. The number of pyridine rings is 1. The van der Waals surface area contributed by atoms with Crippen LogP contribution >= 0.6 is 0 Å². The number of sulfonamides is 1. The van der Waals surface area contributed by atoms with E-state index in [-0.39, 0.29) is 4.90 Å². The molecule has 3 heterocycles. The Morgan fingerprint density at radius 2 is 2.04 bits per heavy atom. The maximum atomic E-state index is 12.9. The van der Waals surface area contributed by atoms with E-state index < -0.39 is 10.0 Å². The van der Waals surface area contributed by atoms with Crippen LogP contribution in [0.25, 0.3) is 0 Å². The van der Waals surface area contributed by atoms with Crippen LogP contribution in [0, 0.1) is 0 Å². The van der Waals surface area contributed by atoms with Crippen molar-refractivity contribution in [3.8, 4) is 0 Å². The van der Waals surface area contributed by atoms with Crippen LogP contribution in [0.5, 0.6) is 0 Å². The molecule has 1 saturated heterocycles. The lowest BCUT2D eigenvalue weighted by molar-refractivity contribution is 0.346. The molecular formula is C15H21N5O2S. The first kappa shape index (κ1) is 15.9. The van der Waals surface area contributed by atoms with Crippen molar-refractivity contribution in [2.45, 2.75) is 30.7 Å². The molecule has 1 aliphatic heterocycles. The number of hydrogen-bond acceptors (Lipinski definition) is 5. The number of aromatic nitrogens is 3. The Hall–Kier alpha value is -1.93. The largest absolute Gasteiger partial charge is 0.365 e. The third-order valence-electron chi connectivity index (χ3n) is 3.92. The fraction of sp³-hybridized carbons (Fsp3) is 0.467. The van der Waals surface area contributed by atoms with Crippen LogP contribution in [-0.4, -0.2) is 40.6 Å². The maximum absolute atomic E-state index is 12.9. The minimum absolute atomic E-state index is 0.241. The van der Waals surface area contributed by atoms with E-state index in [1.165, 1.54) is 0 Å². The molecule has 0 bridgehead atoms. The third-order valence-corrected chi connectivity index (χ3v) is 5.85. The average molecular weight is 335 g/mol. The van der Waals surface area contributed by atoms with Crippen molar-refractivity contribution in [3.05, 3.63) is 36.3 Å². The molecule has 1 N–H and O–H groups in total. The molecule has 2 aromatic heterocycles. The Kier molecular flexibility index (Phi) is 4.63. The topological polar surface area (TPSA) is 80.1 Å².